The molecule has 1 heterocycles. The molecule has 3 rings (SSSR count). The molecule has 1 N–H and O–H groups in total. The minimum atomic E-state index is -0.620. The maximum Gasteiger partial charge on any atom is 0.296 e. The first kappa shape index (κ1) is 18.6. The molecule has 0 saturated carbocycles. The van der Waals surface area contributed by atoms with E-state index in [0.717, 1.165) is 28.2 Å². The van der Waals surface area contributed by atoms with Crippen molar-refractivity contribution >= 4 is 17.4 Å². The fraction of sp³-hybridized carbons (Fsp3) is 0.217. The monoisotopic (exact) mass is 360 g/mol. The predicted octanol–water partition coefficient (Wildman–Crippen LogP) is 4.84. The topological polar surface area (TPSA) is 51.1 Å². The normalized spacial score (nSPS) is 10.7. The van der Waals surface area contributed by atoms with Gasteiger partial charge in [0.2, 0.25) is 0 Å². The molecule has 4 heteroatoms. The molecule has 1 amide bonds. The fourth-order valence-electron chi connectivity index (χ4n) is 3.43. The first-order chi connectivity index (χ1) is 12.8. The van der Waals surface area contributed by atoms with E-state index in [2.05, 4.69) is 18.3 Å². The highest BCUT2D eigenvalue weighted by Crippen LogP contribution is 2.25. The van der Waals surface area contributed by atoms with Crippen LogP contribution < -0.4 is 5.32 Å². The molecule has 138 valence electrons. The molecule has 3 aromatic rings. The third kappa shape index (κ3) is 3.56. The van der Waals surface area contributed by atoms with Gasteiger partial charge in [0.05, 0.1) is 0 Å². The van der Waals surface area contributed by atoms with Crippen LogP contribution in [0.1, 0.15) is 38.4 Å². The average molecular weight is 360 g/mol. The highest BCUT2D eigenvalue weighted by molar-refractivity contribution is 6.46. The van der Waals surface area contributed by atoms with E-state index in [4.69, 9.17) is 0 Å². The minimum absolute atomic E-state index is 0.429. The summed E-state index contributed by atoms with van der Waals surface area (Å²) in [6.07, 6.45) is 0. The van der Waals surface area contributed by atoms with Crippen LogP contribution >= 0.6 is 0 Å². The summed E-state index contributed by atoms with van der Waals surface area (Å²) in [4.78, 5) is 25.3. The molecule has 0 aliphatic heterocycles. The number of aromatic nitrogens is 1. The molecular weight excluding hydrogens is 336 g/mol. The zero-order chi connectivity index (χ0) is 19.7. The van der Waals surface area contributed by atoms with E-state index >= 15 is 0 Å². The summed E-state index contributed by atoms with van der Waals surface area (Å²) < 4.78 is 2.03. The lowest BCUT2D eigenvalue weighted by Gasteiger charge is -2.13. The Balaban J connectivity index is 1.95. The standard InChI is InChI=1S/C23H24N2O2/c1-14-10-11-21(16(3)12-14)25-17(4)13-19(18(25)5)22(26)23(27)24-20-9-7-6-8-15(20)2/h6-13H,1-5H3,(H,24,27). The number of carbonyl (C=O) groups excluding carboxylic acids is 2. The largest absolute Gasteiger partial charge is 0.319 e. The van der Waals surface area contributed by atoms with Crippen molar-refractivity contribution in [3.63, 3.8) is 0 Å². The Bertz CT molecular complexity index is 1040. The van der Waals surface area contributed by atoms with Crippen molar-refractivity contribution in [3.05, 3.63) is 82.2 Å². The van der Waals surface area contributed by atoms with Crippen molar-refractivity contribution in [3.8, 4) is 5.69 Å². The van der Waals surface area contributed by atoms with Crippen LogP contribution in [-0.4, -0.2) is 16.3 Å². The Kier molecular flexibility index (Phi) is 5.00. The number of ketones is 1. The lowest BCUT2D eigenvalue weighted by atomic mass is 10.1. The molecule has 0 atom stereocenters. The number of para-hydroxylation sites is 1. The van der Waals surface area contributed by atoms with Gasteiger partial charge in [-0.1, -0.05) is 35.9 Å². The van der Waals surface area contributed by atoms with Crippen molar-refractivity contribution in [2.75, 3.05) is 5.32 Å². The van der Waals surface area contributed by atoms with Gasteiger partial charge in [-0.15, -0.1) is 0 Å². The van der Waals surface area contributed by atoms with E-state index in [0.29, 0.717) is 11.3 Å². The van der Waals surface area contributed by atoms with Crippen molar-refractivity contribution in [2.45, 2.75) is 34.6 Å². The first-order valence-electron chi connectivity index (χ1n) is 8.97. The zero-order valence-corrected chi connectivity index (χ0v) is 16.4. The number of nitrogens with one attached hydrogen (secondary N) is 1. The Hall–Kier alpha value is -3.14. The third-order valence-corrected chi connectivity index (χ3v) is 4.87. The second-order valence-electron chi connectivity index (χ2n) is 7.01. The van der Waals surface area contributed by atoms with Crippen LogP contribution in [0, 0.1) is 34.6 Å². The van der Waals surface area contributed by atoms with Gasteiger partial charge in [-0.3, -0.25) is 9.59 Å². The van der Waals surface area contributed by atoms with Gasteiger partial charge in [0, 0.05) is 28.3 Å². The minimum Gasteiger partial charge on any atom is -0.319 e. The van der Waals surface area contributed by atoms with Gasteiger partial charge in [0.1, 0.15) is 0 Å². The molecule has 0 fully saturated rings. The second kappa shape index (κ2) is 7.23. The average Bonchev–Trinajstić information content (AvgIpc) is 2.91. The molecule has 0 saturated heterocycles. The van der Waals surface area contributed by atoms with E-state index < -0.39 is 11.7 Å². The molecule has 2 aromatic carbocycles. The van der Waals surface area contributed by atoms with Gasteiger partial charge in [0.15, 0.2) is 0 Å². The zero-order valence-electron chi connectivity index (χ0n) is 16.4. The van der Waals surface area contributed by atoms with Crippen LogP contribution in [0.5, 0.6) is 0 Å². The SMILES string of the molecule is Cc1ccc(-n2c(C)cc(C(=O)C(=O)Nc3ccccc3C)c2C)c(C)c1. The van der Waals surface area contributed by atoms with Gasteiger partial charge in [-0.05, 0) is 63.9 Å². The van der Waals surface area contributed by atoms with Gasteiger partial charge >= 0.3 is 0 Å². The number of carbonyl (C=O) groups is 2. The van der Waals surface area contributed by atoms with Crippen molar-refractivity contribution in [2.24, 2.45) is 0 Å². The van der Waals surface area contributed by atoms with Crippen LogP contribution in [0.3, 0.4) is 0 Å². The van der Waals surface area contributed by atoms with Crippen LogP contribution in [0.15, 0.2) is 48.5 Å². The van der Waals surface area contributed by atoms with Crippen molar-refractivity contribution < 1.29 is 9.59 Å². The van der Waals surface area contributed by atoms with Crippen molar-refractivity contribution in [1.29, 1.82) is 0 Å². The van der Waals surface area contributed by atoms with E-state index in [9.17, 15) is 9.59 Å². The smallest absolute Gasteiger partial charge is 0.296 e. The number of anilines is 1. The first-order valence-corrected chi connectivity index (χ1v) is 8.97. The number of nitrogens with zero attached hydrogens (tertiary/aromatic N) is 1. The molecule has 0 aliphatic rings. The van der Waals surface area contributed by atoms with Crippen LogP contribution in [0.25, 0.3) is 5.69 Å². The summed E-state index contributed by atoms with van der Waals surface area (Å²) >= 11 is 0. The van der Waals surface area contributed by atoms with Crippen LogP contribution in [0.2, 0.25) is 0 Å². The molecule has 0 radical (unpaired) electrons. The number of benzene rings is 2. The molecule has 0 bridgehead atoms. The highest BCUT2D eigenvalue weighted by Gasteiger charge is 2.23. The number of Topliss-reactive ketones (excluding diaryl/α,β-unsaturated/α-hetero) is 1. The molecule has 0 aliphatic carbocycles. The predicted molar refractivity (Wildman–Crippen MR) is 109 cm³/mol. The number of rotatable bonds is 4. The molecule has 0 unspecified atom stereocenters. The highest BCUT2D eigenvalue weighted by atomic mass is 16.2. The Labute approximate surface area is 159 Å². The number of aryl methyl sites for hydroxylation is 4. The molecule has 4 nitrogen and oxygen atoms in total. The number of hydrogen-bond donors (Lipinski definition) is 1. The fourth-order valence-corrected chi connectivity index (χ4v) is 3.43. The van der Waals surface area contributed by atoms with E-state index in [1.807, 2.05) is 62.6 Å². The van der Waals surface area contributed by atoms with Crippen molar-refractivity contribution in [1.82, 2.24) is 4.57 Å². The third-order valence-electron chi connectivity index (χ3n) is 4.87. The molecular formula is C23H24N2O2. The quantitative estimate of drug-likeness (QED) is 0.534. The van der Waals surface area contributed by atoms with E-state index in [-0.39, 0.29) is 0 Å². The van der Waals surface area contributed by atoms with Crippen LogP contribution in [-0.2, 0) is 4.79 Å². The van der Waals surface area contributed by atoms with Crippen LogP contribution in [0.4, 0.5) is 5.69 Å². The Morgan fingerprint density at radius 1 is 0.852 bits per heavy atom. The van der Waals surface area contributed by atoms with Gasteiger partial charge in [0.25, 0.3) is 11.7 Å². The van der Waals surface area contributed by atoms with Gasteiger partial charge < -0.3 is 9.88 Å². The number of hydrogen-bond acceptors (Lipinski definition) is 2. The molecule has 1 aromatic heterocycles. The summed E-state index contributed by atoms with van der Waals surface area (Å²) in [5.41, 5.74) is 7.02. The molecule has 0 spiro atoms. The Morgan fingerprint density at radius 3 is 2.22 bits per heavy atom. The molecule has 27 heavy (non-hydrogen) atoms. The van der Waals surface area contributed by atoms with E-state index in [1.165, 1.54) is 5.56 Å². The maximum atomic E-state index is 12.8. The number of amides is 1. The summed E-state index contributed by atoms with van der Waals surface area (Å²) in [5.74, 6) is -1.15. The van der Waals surface area contributed by atoms with Gasteiger partial charge in [-0.25, -0.2) is 0 Å². The maximum absolute atomic E-state index is 12.8. The lowest BCUT2D eigenvalue weighted by Crippen LogP contribution is -2.23. The van der Waals surface area contributed by atoms with Gasteiger partial charge in [-0.2, -0.15) is 0 Å². The summed E-state index contributed by atoms with van der Waals surface area (Å²) in [7, 11) is 0. The lowest BCUT2D eigenvalue weighted by molar-refractivity contribution is -0.112. The van der Waals surface area contributed by atoms with E-state index in [1.54, 1.807) is 12.1 Å². The second-order valence-corrected chi connectivity index (χ2v) is 7.01. The Morgan fingerprint density at radius 2 is 1.56 bits per heavy atom. The summed E-state index contributed by atoms with van der Waals surface area (Å²) in [5, 5.41) is 2.73. The summed E-state index contributed by atoms with van der Waals surface area (Å²) in [6.45, 7) is 9.82. The summed E-state index contributed by atoms with van der Waals surface area (Å²) in [6, 6.07) is 15.4.